The molecule has 0 radical (unpaired) electrons. The summed E-state index contributed by atoms with van der Waals surface area (Å²) in [4.78, 5) is 14.3. The van der Waals surface area contributed by atoms with Crippen LogP contribution in [0.15, 0.2) is 17.5 Å². The lowest BCUT2D eigenvalue weighted by molar-refractivity contribution is 0.0317. The van der Waals surface area contributed by atoms with Crippen LogP contribution in [0.5, 0.6) is 0 Å². The van der Waals surface area contributed by atoms with Crippen molar-refractivity contribution in [3.8, 4) is 0 Å². The third kappa shape index (κ3) is 3.64. The number of likely N-dealkylation sites (N-methyl/N-ethyl adjacent to an activating group) is 1. The SMILES string of the molecule is CCN(CC(C)(C)O)C(=O)c1cccs1. The van der Waals surface area contributed by atoms with Gasteiger partial charge in [0.1, 0.15) is 0 Å². The Hall–Kier alpha value is -0.870. The van der Waals surface area contributed by atoms with Crippen LogP contribution < -0.4 is 0 Å². The van der Waals surface area contributed by atoms with Crippen molar-refractivity contribution in [1.82, 2.24) is 4.90 Å². The van der Waals surface area contributed by atoms with Gasteiger partial charge in [-0.1, -0.05) is 6.07 Å². The zero-order valence-corrected chi connectivity index (χ0v) is 10.2. The normalized spacial score (nSPS) is 11.5. The van der Waals surface area contributed by atoms with E-state index < -0.39 is 5.60 Å². The first-order valence-corrected chi connectivity index (χ1v) is 5.87. The molecular formula is C11H17NO2S. The lowest BCUT2D eigenvalue weighted by Gasteiger charge is -2.27. The Bertz CT molecular complexity index is 314. The van der Waals surface area contributed by atoms with Crippen LogP contribution in [0.4, 0.5) is 0 Å². The van der Waals surface area contributed by atoms with Crippen molar-refractivity contribution in [3.05, 3.63) is 22.4 Å². The van der Waals surface area contributed by atoms with Gasteiger partial charge in [-0.3, -0.25) is 4.79 Å². The molecule has 1 aromatic rings. The van der Waals surface area contributed by atoms with Crippen molar-refractivity contribution in [2.24, 2.45) is 0 Å². The van der Waals surface area contributed by atoms with Gasteiger partial charge in [-0.2, -0.15) is 0 Å². The summed E-state index contributed by atoms with van der Waals surface area (Å²) in [6.07, 6.45) is 0. The molecule has 0 bridgehead atoms. The number of rotatable bonds is 4. The number of amides is 1. The molecule has 1 rings (SSSR count). The van der Waals surface area contributed by atoms with Gasteiger partial charge < -0.3 is 10.0 Å². The summed E-state index contributed by atoms with van der Waals surface area (Å²) in [5.74, 6) is -0.00498. The average molecular weight is 227 g/mol. The smallest absolute Gasteiger partial charge is 0.264 e. The van der Waals surface area contributed by atoms with Crippen LogP contribution in [0.1, 0.15) is 30.4 Å². The molecule has 0 aliphatic carbocycles. The topological polar surface area (TPSA) is 40.5 Å². The fourth-order valence-electron chi connectivity index (χ4n) is 1.35. The minimum absolute atomic E-state index is 0.00498. The van der Waals surface area contributed by atoms with E-state index in [1.54, 1.807) is 24.8 Å². The highest BCUT2D eigenvalue weighted by Gasteiger charge is 2.22. The first kappa shape index (κ1) is 12.2. The summed E-state index contributed by atoms with van der Waals surface area (Å²) in [5, 5.41) is 11.6. The summed E-state index contributed by atoms with van der Waals surface area (Å²) in [6.45, 7) is 6.30. The van der Waals surface area contributed by atoms with E-state index in [1.165, 1.54) is 11.3 Å². The fraction of sp³-hybridized carbons (Fsp3) is 0.545. The average Bonchev–Trinajstić information content (AvgIpc) is 2.64. The monoisotopic (exact) mass is 227 g/mol. The van der Waals surface area contributed by atoms with E-state index in [0.29, 0.717) is 13.1 Å². The fourth-order valence-corrected chi connectivity index (χ4v) is 2.04. The van der Waals surface area contributed by atoms with E-state index in [2.05, 4.69) is 0 Å². The molecule has 0 aliphatic heterocycles. The van der Waals surface area contributed by atoms with E-state index in [1.807, 2.05) is 18.4 Å². The molecule has 1 heterocycles. The molecule has 4 heteroatoms. The zero-order chi connectivity index (χ0) is 11.5. The summed E-state index contributed by atoms with van der Waals surface area (Å²) in [6, 6.07) is 3.66. The molecule has 15 heavy (non-hydrogen) atoms. The number of nitrogens with zero attached hydrogens (tertiary/aromatic N) is 1. The van der Waals surface area contributed by atoms with Crippen molar-refractivity contribution in [2.75, 3.05) is 13.1 Å². The molecule has 1 N–H and O–H groups in total. The van der Waals surface area contributed by atoms with E-state index >= 15 is 0 Å². The van der Waals surface area contributed by atoms with Crippen LogP contribution in [0.3, 0.4) is 0 Å². The molecule has 1 aromatic heterocycles. The van der Waals surface area contributed by atoms with Gasteiger partial charge in [0.25, 0.3) is 5.91 Å². The van der Waals surface area contributed by atoms with Crippen LogP contribution in [-0.2, 0) is 0 Å². The Morgan fingerprint density at radius 2 is 2.27 bits per heavy atom. The van der Waals surface area contributed by atoms with Gasteiger partial charge in [0.05, 0.1) is 10.5 Å². The second kappa shape index (κ2) is 4.77. The Kier molecular flexibility index (Phi) is 3.88. The molecular weight excluding hydrogens is 210 g/mol. The second-order valence-electron chi connectivity index (χ2n) is 4.11. The summed E-state index contributed by atoms with van der Waals surface area (Å²) in [7, 11) is 0. The number of carbonyl (C=O) groups excluding carboxylic acids is 1. The molecule has 0 aromatic carbocycles. The molecule has 0 fully saturated rings. The van der Waals surface area contributed by atoms with Gasteiger partial charge in [0.15, 0.2) is 0 Å². The standard InChI is InChI=1S/C11H17NO2S/c1-4-12(8-11(2,3)14)10(13)9-6-5-7-15-9/h5-7,14H,4,8H2,1-3H3. The van der Waals surface area contributed by atoms with Crippen LogP contribution in [-0.4, -0.2) is 34.6 Å². The van der Waals surface area contributed by atoms with Crippen molar-refractivity contribution in [3.63, 3.8) is 0 Å². The van der Waals surface area contributed by atoms with Crippen molar-refractivity contribution in [1.29, 1.82) is 0 Å². The quantitative estimate of drug-likeness (QED) is 0.854. The zero-order valence-electron chi connectivity index (χ0n) is 9.36. The highest BCUT2D eigenvalue weighted by atomic mass is 32.1. The number of hydrogen-bond donors (Lipinski definition) is 1. The minimum atomic E-state index is -0.844. The van der Waals surface area contributed by atoms with Crippen molar-refractivity contribution >= 4 is 17.2 Å². The summed E-state index contributed by atoms with van der Waals surface area (Å²) < 4.78 is 0. The van der Waals surface area contributed by atoms with Crippen LogP contribution in [0, 0.1) is 0 Å². The van der Waals surface area contributed by atoms with Gasteiger partial charge in [0, 0.05) is 13.1 Å². The molecule has 1 amide bonds. The van der Waals surface area contributed by atoms with E-state index in [0.717, 1.165) is 4.88 Å². The Labute approximate surface area is 94.3 Å². The molecule has 0 aliphatic rings. The third-order valence-electron chi connectivity index (χ3n) is 1.98. The first-order chi connectivity index (χ1) is 6.94. The number of thiophene rings is 1. The van der Waals surface area contributed by atoms with Crippen molar-refractivity contribution < 1.29 is 9.90 Å². The Balaban J connectivity index is 2.72. The molecule has 84 valence electrons. The Morgan fingerprint density at radius 3 is 2.67 bits per heavy atom. The lowest BCUT2D eigenvalue weighted by Crippen LogP contribution is -2.41. The third-order valence-corrected chi connectivity index (χ3v) is 2.84. The van der Waals surface area contributed by atoms with Crippen LogP contribution in [0.2, 0.25) is 0 Å². The molecule has 0 saturated carbocycles. The summed E-state index contributed by atoms with van der Waals surface area (Å²) >= 11 is 1.43. The van der Waals surface area contributed by atoms with Crippen LogP contribution in [0.25, 0.3) is 0 Å². The molecule has 0 unspecified atom stereocenters. The maximum atomic E-state index is 11.9. The highest BCUT2D eigenvalue weighted by Crippen LogP contribution is 2.14. The summed E-state index contributed by atoms with van der Waals surface area (Å²) in [5.41, 5.74) is -0.844. The number of hydrogen-bond acceptors (Lipinski definition) is 3. The minimum Gasteiger partial charge on any atom is -0.389 e. The molecule has 3 nitrogen and oxygen atoms in total. The van der Waals surface area contributed by atoms with Gasteiger partial charge in [-0.25, -0.2) is 0 Å². The maximum Gasteiger partial charge on any atom is 0.264 e. The van der Waals surface area contributed by atoms with Gasteiger partial charge in [0.2, 0.25) is 0 Å². The first-order valence-electron chi connectivity index (χ1n) is 4.99. The van der Waals surface area contributed by atoms with E-state index in [4.69, 9.17) is 0 Å². The predicted molar refractivity (Wildman–Crippen MR) is 62.2 cm³/mol. The van der Waals surface area contributed by atoms with Crippen molar-refractivity contribution in [2.45, 2.75) is 26.4 Å². The van der Waals surface area contributed by atoms with Gasteiger partial charge in [-0.15, -0.1) is 11.3 Å². The van der Waals surface area contributed by atoms with Crippen LogP contribution >= 0.6 is 11.3 Å². The van der Waals surface area contributed by atoms with Gasteiger partial charge in [-0.05, 0) is 32.2 Å². The lowest BCUT2D eigenvalue weighted by atomic mass is 10.1. The second-order valence-corrected chi connectivity index (χ2v) is 5.06. The molecule has 0 saturated heterocycles. The van der Waals surface area contributed by atoms with E-state index in [9.17, 15) is 9.90 Å². The molecule has 0 spiro atoms. The Morgan fingerprint density at radius 1 is 1.60 bits per heavy atom. The maximum absolute atomic E-state index is 11.9. The molecule has 0 atom stereocenters. The highest BCUT2D eigenvalue weighted by molar-refractivity contribution is 7.12. The van der Waals surface area contributed by atoms with E-state index in [-0.39, 0.29) is 5.91 Å². The number of carbonyl (C=O) groups is 1. The van der Waals surface area contributed by atoms with Gasteiger partial charge >= 0.3 is 0 Å². The predicted octanol–water partition coefficient (Wildman–Crippen LogP) is 1.98. The number of aliphatic hydroxyl groups is 1. The largest absolute Gasteiger partial charge is 0.389 e.